The Balaban J connectivity index is 1.87. The highest BCUT2D eigenvalue weighted by Crippen LogP contribution is 2.31. The first kappa shape index (κ1) is 13.7. The highest BCUT2D eigenvalue weighted by Gasteiger charge is 2.27. The number of fused-ring (bicyclic) bond motifs is 1. The Bertz CT molecular complexity index is 706. The van der Waals surface area contributed by atoms with Crippen LogP contribution in [0.1, 0.15) is 18.2 Å². The lowest BCUT2D eigenvalue weighted by Crippen LogP contribution is -2.23. The molecule has 0 bridgehead atoms. The molecule has 3 nitrogen and oxygen atoms in total. The van der Waals surface area contributed by atoms with Gasteiger partial charge in [0.2, 0.25) is 0 Å². The molecule has 0 saturated heterocycles. The molecule has 0 amide bonds. The molecule has 0 fully saturated rings. The predicted octanol–water partition coefficient (Wildman–Crippen LogP) is 3.89. The molecule has 2 aromatic carbocycles. The third-order valence-electron chi connectivity index (χ3n) is 3.66. The van der Waals surface area contributed by atoms with Crippen molar-refractivity contribution in [3.05, 3.63) is 65.9 Å². The molecule has 108 valence electrons. The number of para-hydroxylation sites is 1. The van der Waals surface area contributed by atoms with E-state index in [4.69, 9.17) is 9.15 Å². The molecule has 21 heavy (non-hydrogen) atoms. The highest BCUT2D eigenvalue weighted by atomic mass is 16.5. The van der Waals surface area contributed by atoms with Gasteiger partial charge >= 0.3 is 0 Å². The summed E-state index contributed by atoms with van der Waals surface area (Å²) in [5.74, 6) is 1.39. The van der Waals surface area contributed by atoms with Gasteiger partial charge in [0.25, 0.3) is 0 Å². The van der Waals surface area contributed by atoms with Crippen LogP contribution in [-0.2, 0) is 12.0 Å². The normalized spacial score (nSPS) is 14.0. The van der Waals surface area contributed by atoms with E-state index in [9.17, 15) is 5.11 Å². The maximum atomic E-state index is 10.7. The minimum absolute atomic E-state index is 0.483. The van der Waals surface area contributed by atoms with Gasteiger partial charge < -0.3 is 14.3 Å². The molecule has 1 atom stereocenters. The van der Waals surface area contributed by atoms with Crippen LogP contribution in [-0.4, -0.2) is 12.2 Å². The molecule has 0 radical (unpaired) electrons. The van der Waals surface area contributed by atoms with E-state index < -0.39 is 5.60 Å². The van der Waals surface area contributed by atoms with E-state index >= 15 is 0 Å². The standard InChI is InChI=1S/C18H18O3/c1-18(19,12-13-7-9-15(20-2)10-8-13)17-11-14-5-3-4-6-16(14)21-17/h3-11,19H,12H2,1-2H3. The number of furan rings is 1. The predicted molar refractivity (Wildman–Crippen MR) is 82.5 cm³/mol. The first-order valence-corrected chi connectivity index (χ1v) is 6.93. The first-order chi connectivity index (χ1) is 10.1. The molecule has 0 aliphatic heterocycles. The maximum absolute atomic E-state index is 10.7. The number of rotatable bonds is 4. The zero-order valence-corrected chi connectivity index (χ0v) is 12.2. The van der Waals surface area contributed by atoms with Gasteiger partial charge in [-0.15, -0.1) is 0 Å². The van der Waals surface area contributed by atoms with E-state index in [1.54, 1.807) is 14.0 Å². The van der Waals surface area contributed by atoms with Crippen LogP contribution in [0.25, 0.3) is 11.0 Å². The monoisotopic (exact) mass is 282 g/mol. The van der Waals surface area contributed by atoms with E-state index in [0.717, 1.165) is 22.3 Å². The molecule has 1 N–H and O–H groups in total. The van der Waals surface area contributed by atoms with Crippen LogP contribution in [0.5, 0.6) is 5.75 Å². The topological polar surface area (TPSA) is 42.6 Å². The molecular formula is C18H18O3. The number of hydrogen-bond acceptors (Lipinski definition) is 3. The van der Waals surface area contributed by atoms with Gasteiger partial charge in [-0.3, -0.25) is 0 Å². The SMILES string of the molecule is COc1ccc(CC(C)(O)c2cc3ccccc3o2)cc1. The minimum Gasteiger partial charge on any atom is -0.497 e. The van der Waals surface area contributed by atoms with Crippen molar-refractivity contribution in [1.82, 2.24) is 0 Å². The zero-order chi connectivity index (χ0) is 14.9. The molecule has 3 heteroatoms. The second kappa shape index (κ2) is 5.26. The number of methoxy groups -OCH3 is 1. The quantitative estimate of drug-likeness (QED) is 0.789. The summed E-state index contributed by atoms with van der Waals surface area (Å²) in [7, 11) is 1.64. The summed E-state index contributed by atoms with van der Waals surface area (Å²) in [6.45, 7) is 1.77. The van der Waals surface area contributed by atoms with Gasteiger partial charge in [-0.25, -0.2) is 0 Å². The minimum atomic E-state index is -1.05. The maximum Gasteiger partial charge on any atom is 0.136 e. The Hall–Kier alpha value is -2.26. The van der Waals surface area contributed by atoms with E-state index in [1.165, 1.54) is 0 Å². The lowest BCUT2D eigenvalue weighted by atomic mass is 9.94. The van der Waals surface area contributed by atoms with Crippen molar-refractivity contribution >= 4 is 11.0 Å². The van der Waals surface area contributed by atoms with Gasteiger partial charge in [0.15, 0.2) is 0 Å². The van der Waals surface area contributed by atoms with Crippen molar-refractivity contribution in [2.45, 2.75) is 18.9 Å². The van der Waals surface area contributed by atoms with Gasteiger partial charge in [0.05, 0.1) is 7.11 Å². The lowest BCUT2D eigenvalue weighted by Gasteiger charge is -2.20. The fourth-order valence-corrected chi connectivity index (χ4v) is 2.48. The second-order valence-corrected chi connectivity index (χ2v) is 5.45. The molecule has 3 rings (SSSR count). The van der Waals surface area contributed by atoms with Gasteiger partial charge in [0.1, 0.15) is 22.7 Å². The molecule has 0 aliphatic rings. The van der Waals surface area contributed by atoms with Crippen molar-refractivity contribution in [3.8, 4) is 5.75 Å². The zero-order valence-electron chi connectivity index (χ0n) is 12.2. The Kier molecular flexibility index (Phi) is 3.43. The number of benzene rings is 2. The average molecular weight is 282 g/mol. The van der Waals surface area contributed by atoms with Crippen LogP contribution in [0.15, 0.2) is 59.0 Å². The van der Waals surface area contributed by atoms with Gasteiger partial charge in [-0.1, -0.05) is 30.3 Å². The Labute approximate surface area is 123 Å². The molecule has 0 spiro atoms. The summed E-state index contributed by atoms with van der Waals surface area (Å²) in [4.78, 5) is 0. The van der Waals surface area contributed by atoms with Crippen LogP contribution in [0.2, 0.25) is 0 Å². The summed E-state index contributed by atoms with van der Waals surface area (Å²) >= 11 is 0. The van der Waals surface area contributed by atoms with Crippen molar-refractivity contribution in [1.29, 1.82) is 0 Å². The summed E-state index contributed by atoms with van der Waals surface area (Å²) < 4.78 is 10.9. The van der Waals surface area contributed by atoms with E-state index in [1.807, 2.05) is 54.6 Å². The van der Waals surface area contributed by atoms with Crippen LogP contribution < -0.4 is 4.74 Å². The van der Waals surface area contributed by atoms with Gasteiger partial charge in [0, 0.05) is 11.8 Å². The fraction of sp³-hybridized carbons (Fsp3) is 0.222. The molecule has 0 aliphatic carbocycles. The summed E-state index contributed by atoms with van der Waals surface area (Å²) in [6.07, 6.45) is 0.483. The Morgan fingerprint density at radius 3 is 2.48 bits per heavy atom. The smallest absolute Gasteiger partial charge is 0.136 e. The van der Waals surface area contributed by atoms with Crippen LogP contribution >= 0.6 is 0 Å². The molecule has 3 aromatic rings. The number of ether oxygens (including phenoxy) is 1. The number of aliphatic hydroxyl groups is 1. The molecule has 1 aromatic heterocycles. The Morgan fingerprint density at radius 2 is 1.81 bits per heavy atom. The molecule has 1 heterocycles. The molecule has 0 saturated carbocycles. The third-order valence-corrected chi connectivity index (χ3v) is 3.66. The van der Waals surface area contributed by atoms with Crippen molar-refractivity contribution in [2.75, 3.05) is 7.11 Å². The average Bonchev–Trinajstić information content (AvgIpc) is 2.92. The molecular weight excluding hydrogens is 264 g/mol. The largest absolute Gasteiger partial charge is 0.497 e. The highest BCUT2D eigenvalue weighted by molar-refractivity contribution is 5.77. The Morgan fingerprint density at radius 1 is 1.10 bits per heavy atom. The lowest BCUT2D eigenvalue weighted by molar-refractivity contribution is 0.0360. The summed E-state index contributed by atoms with van der Waals surface area (Å²) in [5.41, 5.74) is 0.775. The fourth-order valence-electron chi connectivity index (χ4n) is 2.48. The van der Waals surface area contributed by atoms with Crippen LogP contribution in [0.4, 0.5) is 0 Å². The van der Waals surface area contributed by atoms with Crippen molar-refractivity contribution in [3.63, 3.8) is 0 Å². The van der Waals surface area contributed by atoms with Gasteiger partial charge in [-0.2, -0.15) is 0 Å². The summed E-state index contributed by atoms with van der Waals surface area (Å²) in [5, 5.41) is 11.7. The van der Waals surface area contributed by atoms with Crippen molar-refractivity contribution < 1.29 is 14.3 Å². The number of hydrogen-bond donors (Lipinski definition) is 1. The van der Waals surface area contributed by atoms with Gasteiger partial charge in [-0.05, 0) is 36.8 Å². The second-order valence-electron chi connectivity index (χ2n) is 5.45. The van der Waals surface area contributed by atoms with Crippen LogP contribution in [0.3, 0.4) is 0 Å². The third kappa shape index (κ3) is 2.78. The van der Waals surface area contributed by atoms with E-state index in [-0.39, 0.29) is 0 Å². The molecule has 1 unspecified atom stereocenters. The van der Waals surface area contributed by atoms with E-state index in [0.29, 0.717) is 12.2 Å². The first-order valence-electron chi connectivity index (χ1n) is 6.93. The summed E-state index contributed by atoms with van der Waals surface area (Å²) in [6, 6.07) is 17.4. The van der Waals surface area contributed by atoms with E-state index in [2.05, 4.69) is 0 Å². The van der Waals surface area contributed by atoms with Crippen molar-refractivity contribution in [2.24, 2.45) is 0 Å². The van der Waals surface area contributed by atoms with Crippen LogP contribution in [0, 0.1) is 0 Å².